The van der Waals surface area contributed by atoms with E-state index in [0.29, 0.717) is 5.92 Å². The van der Waals surface area contributed by atoms with E-state index in [1.807, 2.05) is 6.92 Å². The molecule has 2 rings (SSSR count). The van der Waals surface area contributed by atoms with Gasteiger partial charge >= 0.3 is 0 Å². The van der Waals surface area contributed by atoms with E-state index in [2.05, 4.69) is 43.5 Å². The Labute approximate surface area is 115 Å². The molecule has 1 unspecified atom stereocenters. The number of fused-ring (bicyclic) bond motifs is 1. The van der Waals surface area contributed by atoms with Crippen molar-refractivity contribution in [3.05, 3.63) is 29.6 Å². The number of aryl methyl sites for hydroxylation is 2. The lowest BCUT2D eigenvalue weighted by Gasteiger charge is -2.12. The molecule has 0 amide bonds. The van der Waals surface area contributed by atoms with E-state index in [1.54, 1.807) is 0 Å². The van der Waals surface area contributed by atoms with E-state index in [4.69, 9.17) is 10.7 Å². The van der Waals surface area contributed by atoms with Gasteiger partial charge in [0.15, 0.2) is 0 Å². The minimum absolute atomic E-state index is 0.0235. The summed E-state index contributed by atoms with van der Waals surface area (Å²) in [6.45, 7) is 9.67. The van der Waals surface area contributed by atoms with Gasteiger partial charge in [0.05, 0.1) is 17.1 Å². The molecule has 0 radical (unpaired) electrons. The summed E-state index contributed by atoms with van der Waals surface area (Å²) in [4.78, 5) is 4.74. The van der Waals surface area contributed by atoms with E-state index >= 15 is 0 Å². The molecule has 1 heterocycles. The lowest BCUT2D eigenvalue weighted by Crippen LogP contribution is -2.14. The van der Waals surface area contributed by atoms with Gasteiger partial charge in [-0.05, 0) is 43.4 Å². The summed E-state index contributed by atoms with van der Waals surface area (Å²) < 4.78 is 2.29. The second kappa shape index (κ2) is 5.74. The fourth-order valence-electron chi connectivity index (χ4n) is 2.38. The van der Waals surface area contributed by atoms with Gasteiger partial charge in [0.1, 0.15) is 5.82 Å². The minimum Gasteiger partial charge on any atom is -0.327 e. The van der Waals surface area contributed by atoms with Crippen molar-refractivity contribution in [2.45, 2.75) is 53.1 Å². The molecule has 0 aliphatic rings. The highest BCUT2D eigenvalue weighted by Gasteiger charge is 2.14. The molecule has 0 fully saturated rings. The molecular weight excluding hydrogens is 234 g/mol. The Balaban J connectivity index is 2.47. The van der Waals surface area contributed by atoms with Gasteiger partial charge in [-0.2, -0.15) is 0 Å². The average molecular weight is 259 g/mol. The first kappa shape index (κ1) is 14.1. The molecule has 1 aromatic carbocycles. The molecule has 0 saturated carbocycles. The third-order valence-electron chi connectivity index (χ3n) is 3.59. The van der Waals surface area contributed by atoms with E-state index in [9.17, 15) is 0 Å². The molecule has 1 aromatic heterocycles. The molecule has 2 N–H and O–H groups in total. The number of hydrogen-bond acceptors (Lipinski definition) is 2. The highest BCUT2D eigenvalue weighted by atomic mass is 15.1. The van der Waals surface area contributed by atoms with Crippen LogP contribution in [-0.2, 0) is 13.0 Å². The van der Waals surface area contributed by atoms with Gasteiger partial charge in [-0.1, -0.05) is 26.8 Å². The van der Waals surface area contributed by atoms with Crippen LogP contribution in [0.15, 0.2) is 18.2 Å². The molecular formula is C16H25N3. The van der Waals surface area contributed by atoms with Gasteiger partial charge < -0.3 is 10.3 Å². The quantitative estimate of drug-likeness (QED) is 0.890. The maximum Gasteiger partial charge on any atom is 0.126 e. The maximum absolute atomic E-state index is 6.07. The topological polar surface area (TPSA) is 43.8 Å². The second-order valence-corrected chi connectivity index (χ2v) is 5.77. The Kier molecular flexibility index (Phi) is 4.25. The van der Waals surface area contributed by atoms with Gasteiger partial charge in [0, 0.05) is 6.54 Å². The lowest BCUT2D eigenvalue weighted by molar-refractivity contribution is 0.503. The highest BCUT2D eigenvalue weighted by Crippen LogP contribution is 2.22. The summed E-state index contributed by atoms with van der Waals surface area (Å²) in [7, 11) is 0. The van der Waals surface area contributed by atoms with Crippen LogP contribution in [0.3, 0.4) is 0 Å². The molecule has 104 valence electrons. The number of nitrogens with zero attached hydrogens (tertiary/aromatic N) is 2. The molecule has 1 atom stereocenters. The van der Waals surface area contributed by atoms with Crippen molar-refractivity contribution in [2.24, 2.45) is 11.7 Å². The summed E-state index contributed by atoms with van der Waals surface area (Å²) in [5.74, 6) is 1.69. The fourth-order valence-corrected chi connectivity index (χ4v) is 2.38. The SMILES string of the molecule is CCc1ccc2c(c1)nc(C(C)N)n2CCC(C)C. The Morgan fingerprint density at radius 3 is 2.58 bits per heavy atom. The molecule has 0 aliphatic carbocycles. The maximum atomic E-state index is 6.07. The van der Waals surface area contributed by atoms with Gasteiger partial charge in [-0.3, -0.25) is 0 Å². The first-order chi connectivity index (χ1) is 9.02. The summed E-state index contributed by atoms with van der Waals surface area (Å²) in [6, 6.07) is 6.55. The number of aromatic nitrogens is 2. The molecule has 0 saturated heterocycles. The Hall–Kier alpha value is -1.35. The van der Waals surface area contributed by atoms with Crippen molar-refractivity contribution < 1.29 is 0 Å². The fraction of sp³-hybridized carbons (Fsp3) is 0.562. The van der Waals surface area contributed by atoms with E-state index < -0.39 is 0 Å². The molecule has 0 bridgehead atoms. The summed E-state index contributed by atoms with van der Waals surface area (Å²) in [5.41, 5.74) is 9.69. The number of benzene rings is 1. The third-order valence-corrected chi connectivity index (χ3v) is 3.59. The number of rotatable bonds is 5. The predicted molar refractivity (Wildman–Crippen MR) is 81.2 cm³/mol. The van der Waals surface area contributed by atoms with Crippen LogP contribution in [-0.4, -0.2) is 9.55 Å². The zero-order valence-electron chi connectivity index (χ0n) is 12.5. The van der Waals surface area contributed by atoms with Crippen LogP contribution >= 0.6 is 0 Å². The smallest absolute Gasteiger partial charge is 0.126 e. The second-order valence-electron chi connectivity index (χ2n) is 5.77. The van der Waals surface area contributed by atoms with Gasteiger partial charge in [0.2, 0.25) is 0 Å². The third kappa shape index (κ3) is 2.98. The molecule has 19 heavy (non-hydrogen) atoms. The van der Waals surface area contributed by atoms with Crippen molar-refractivity contribution in [1.29, 1.82) is 0 Å². The van der Waals surface area contributed by atoms with Crippen LogP contribution in [0.4, 0.5) is 0 Å². The Bertz CT molecular complexity index is 552. The van der Waals surface area contributed by atoms with Gasteiger partial charge in [0.25, 0.3) is 0 Å². The van der Waals surface area contributed by atoms with Crippen LogP contribution in [0, 0.1) is 5.92 Å². The van der Waals surface area contributed by atoms with Crippen LogP contribution < -0.4 is 5.73 Å². The average Bonchev–Trinajstić information content (AvgIpc) is 2.73. The number of nitrogens with two attached hydrogens (primary N) is 1. The Morgan fingerprint density at radius 2 is 2.00 bits per heavy atom. The minimum atomic E-state index is -0.0235. The van der Waals surface area contributed by atoms with Crippen molar-refractivity contribution >= 4 is 11.0 Å². The van der Waals surface area contributed by atoms with Crippen LogP contribution in [0.25, 0.3) is 11.0 Å². The van der Waals surface area contributed by atoms with Gasteiger partial charge in [-0.15, -0.1) is 0 Å². The molecule has 3 nitrogen and oxygen atoms in total. The Morgan fingerprint density at radius 1 is 1.26 bits per heavy atom. The van der Waals surface area contributed by atoms with Crippen molar-refractivity contribution in [3.8, 4) is 0 Å². The van der Waals surface area contributed by atoms with E-state index in [1.165, 1.54) is 11.1 Å². The van der Waals surface area contributed by atoms with Crippen LogP contribution in [0.5, 0.6) is 0 Å². The molecule has 0 spiro atoms. The van der Waals surface area contributed by atoms with Crippen molar-refractivity contribution in [1.82, 2.24) is 9.55 Å². The predicted octanol–water partition coefficient (Wildman–Crippen LogP) is 3.66. The molecule has 2 aromatic rings. The normalized spacial score (nSPS) is 13.4. The first-order valence-electron chi connectivity index (χ1n) is 7.27. The summed E-state index contributed by atoms with van der Waals surface area (Å²) in [5, 5.41) is 0. The highest BCUT2D eigenvalue weighted by molar-refractivity contribution is 5.77. The monoisotopic (exact) mass is 259 g/mol. The zero-order chi connectivity index (χ0) is 14.0. The van der Waals surface area contributed by atoms with Crippen molar-refractivity contribution in [2.75, 3.05) is 0 Å². The summed E-state index contributed by atoms with van der Waals surface area (Å²) in [6.07, 6.45) is 2.20. The van der Waals surface area contributed by atoms with Crippen molar-refractivity contribution in [3.63, 3.8) is 0 Å². The number of imidazole rings is 1. The zero-order valence-corrected chi connectivity index (χ0v) is 12.5. The van der Waals surface area contributed by atoms with E-state index in [0.717, 1.165) is 30.7 Å². The standard InChI is InChI=1S/C16H25N3/c1-5-13-6-7-15-14(10-13)18-16(12(4)17)19(15)9-8-11(2)3/h6-7,10-12H,5,8-9,17H2,1-4H3. The van der Waals surface area contributed by atoms with Gasteiger partial charge in [-0.25, -0.2) is 4.98 Å². The summed E-state index contributed by atoms with van der Waals surface area (Å²) >= 11 is 0. The molecule has 3 heteroatoms. The van der Waals surface area contributed by atoms with E-state index in [-0.39, 0.29) is 6.04 Å². The van der Waals surface area contributed by atoms with Crippen LogP contribution in [0.2, 0.25) is 0 Å². The lowest BCUT2D eigenvalue weighted by atomic mass is 10.1. The number of hydrogen-bond donors (Lipinski definition) is 1. The van der Waals surface area contributed by atoms with Crippen LogP contribution in [0.1, 0.15) is 51.5 Å². The molecule has 0 aliphatic heterocycles. The first-order valence-corrected chi connectivity index (χ1v) is 7.27. The largest absolute Gasteiger partial charge is 0.327 e.